The van der Waals surface area contributed by atoms with Crippen LogP contribution in [0, 0.1) is 5.82 Å². The molecule has 0 bridgehead atoms. The Labute approximate surface area is 101 Å². The van der Waals surface area contributed by atoms with E-state index in [1.54, 1.807) is 12.1 Å². The monoisotopic (exact) mass is 239 g/mol. The minimum absolute atomic E-state index is 0.157. The van der Waals surface area contributed by atoms with E-state index >= 15 is 0 Å². The van der Waals surface area contributed by atoms with Gasteiger partial charge in [0.2, 0.25) is 0 Å². The molecule has 0 radical (unpaired) electrons. The molecule has 1 saturated carbocycles. The van der Waals surface area contributed by atoms with E-state index in [4.69, 9.17) is 4.74 Å². The van der Waals surface area contributed by atoms with Crippen molar-refractivity contribution in [3.63, 3.8) is 0 Å². The van der Waals surface area contributed by atoms with Crippen molar-refractivity contribution in [1.82, 2.24) is 0 Å². The molecular formula is C13H18FNO2. The summed E-state index contributed by atoms with van der Waals surface area (Å²) in [6.07, 6.45) is 3.39. The minimum Gasteiger partial charge on any atom is -0.494 e. The summed E-state index contributed by atoms with van der Waals surface area (Å²) in [5, 5.41) is 12.8. The van der Waals surface area contributed by atoms with Crippen molar-refractivity contribution in [2.45, 2.75) is 37.8 Å². The molecule has 1 aliphatic carbocycles. The number of aliphatic hydroxyl groups excluding tert-OH is 1. The van der Waals surface area contributed by atoms with E-state index in [-0.39, 0.29) is 17.7 Å². The zero-order valence-corrected chi connectivity index (χ0v) is 9.95. The van der Waals surface area contributed by atoms with Crippen molar-refractivity contribution in [2.24, 2.45) is 0 Å². The number of nitrogens with one attached hydrogen (secondary N) is 1. The third-order valence-electron chi connectivity index (χ3n) is 3.22. The Morgan fingerprint density at radius 3 is 2.65 bits per heavy atom. The number of rotatable bonds is 3. The van der Waals surface area contributed by atoms with Gasteiger partial charge in [-0.05, 0) is 37.8 Å². The zero-order chi connectivity index (χ0) is 12.3. The van der Waals surface area contributed by atoms with E-state index in [0.29, 0.717) is 6.04 Å². The van der Waals surface area contributed by atoms with Crippen LogP contribution in [0.25, 0.3) is 0 Å². The molecule has 1 fully saturated rings. The normalized spacial score (nSPS) is 24.4. The summed E-state index contributed by atoms with van der Waals surface area (Å²) in [5.74, 6) is -0.0945. The Bertz CT molecular complexity index is 376. The highest BCUT2D eigenvalue weighted by Crippen LogP contribution is 2.25. The Morgan fingerprint density at radius 1 is 1.29 bits per heavy atom. The van der Waals surface area contributed by atoms with Crippen LogP contribution in [0.1, 0.15) is 25.7 Å². The molecule has 1 aliphatic rings. The van der Waals surface area contributed by atoms with E-state index in [2.05, 4.69) is 5.32 Å². The molecule has 0 heterocycles. The van der Waals surface area contributed by atoms with E-state index in [0.717, 1.165) is 31.4 Å². The number of aliphatic hydroxyl groups is 1. The lowest BCUT2D eigenvalue weighted by Gasteiger charge is -2.27. The Morgan fingerprint density at radius 2 is 2.00 bits per heavy atom. The zero-order valence-electron chi connectivity index (χ0n) is 9.95. The molecule has 0 aliphatic heterocycles. The van der Waals surface area contributed by atoms with Gasteiger partial charge in [-0.25, -0.2) is 4.39 Å². The second-order valence-corrected chi connectivity index (χ2v) is 4.50. The first-order chi connectivity index (χ1) is 8.19. The summed E-state index contributed by atoms with van der Waals surface area (Å²) in [5.41, 5.74) is 0.865. The quantitative estimate of drug-likeness (QED) is 0.851. The van der Waals surface area contributed by atoms with Gasteiger partial charge in [-0.15, -0.1) is 0 Å². The number of methoxy groups -OCH3 is 1. The average Bonchev–Trinajstić information content (AvgIpc) is 2.34. The summed E-state index contributed by atoms with van der Waals surface area (Å²) < 4.78 is 18.2. The van der Waals surface area contributed by atoms with Gasteiger partial charge in [0.05, 0.1) is 13.2 Å². The van der Waals surface area contributed by atoms with Gasteiger partial charge in [0.15, 0.2) is 11.6 Å². The molecule has 0 atom stereocenters. The first kappa shape index (κ1) is 12.2. The van der Waals surface area contributed by atoms with Gasteiger partial charge in [0.1, 0.15) is 0 Å². The molecule has 0 aromatic heterocycles. The number of anilines is 1. The fraction of sp³-hybridized carbons (Fsp3) is 0.538. The Kier molecular flexibility index (Phi) is 3.84. The summed E-state index contributed by atoms with van der Waals surface area (Å²) in [7, 11) is 1.46. The smallest absolute Gasteiger partial charge is 0.165 e. The van der Waals surface area contributed by atoms with Crippen molar-refractivity contribution in [3.8, 4) is 5.75 Å². The van der Waals surface area contributed by atoms with Crippen LogP contribution < -0.4 is 10.1 Å². The second-order valence-electron chi connectivity index (χ2n) is 4.50. The maximum absolute atomic E-state index is 13.2. The van der Waals surface area contributed by atoms with E-state index in [1.165, 1.54) is 13.2 Å². The van der Waals surface area contributed by atoms with Gasteiger partial charge in [0, 0.05) is 17.8 Å². The molecule has 0 amide bonds. The fourth-order valence-electron chi connectivity index (χ4n) is 2.21. The Hall–Kier alpha value is -1.29. The van der Waals surface area contributed by atoms with Crippen molar-refractivity contribution < 1.29 is 14.2 Å². The number of benzene rings is 1. The van der Waals surface area contributed by atoms with Gasteiger partial charge in [-0.3, -0.25) is 0 Å². The van der Waals surface area contributed by atoms with Crippen LogP contribution in [0.3, 0.4) is 0 Å². The standard InChI is InChI=1S/C13H18FNO2/c1-17-13-8-10(4-7-12(13)14)15-9-2-5-11(16)6-3-9/h4,7-9,11,15-16H,2-3,5-6H2,1H3. The lowest BCUT2D eigenvalue weighted by atomic mass is 9.93. The molecule has 0 unspecified atom stereocenters. The van der Waals surface area contributed by atoms with E-state index in [9.17, 15) is 9.50 Å². The number of ether oxygens (including phenoxy) is 1. The van der Waals surface area contributed by atoms with Crippen molar-refractivity contribution >= 4 is 5.69 Å². The third-order valence-corrected chi connectivity index (χ3v) is 3.22. The number of halogens is 1. The highest BCUT2D eigenvalue weighted by molar-refractivity contribution is 5.49. The van der Waals surface area contributed by atoms with Crippen LogP contribution in [-0.4, -0.2) is 24.4 Å². The average molecular weight is 239 g/mol. The van der Waals surface area contributed by atoms with Crippen LogP contribution in [-0.2, 0) is 0 Å². The predicted molar refractivity (Wildman–Crippen MR) is 64.8 cm³/mol. The SMILES string of the molecule is COc1cc(NC2CCC(O)CC2)ccc1F. The van der Waals surface area contributed by atoms with Crippen molar-refractivity contribution in [2.75, 3.05) is 12.4 Å². The van der Waals surface area contributed by atoms with Crippen molar-refractivity contribution in [3.05, 3.63) is 24.0 Å². The van der Waals surface area contributed by atoms with Crippen LogP contribution in [0.2, 0.25) is 0 Å². The molecular weight excluding hydrogens is 221 g/mol. The molecule has 94 valence electrons. The van der Waals surface area contributed by atoms with E-state index < -0.39 is 0 Å². The molecule has 17 heavy (non-hydrogen) atoms. The van der Waals surface area contributed by atoms with Crippen LogP contribution >= 0.6 is 0 Å². The maximum atomic E-state index is 13.2. The predicted octanol–water partition coefficient (Wildman–Crippen LogP) is 2.55. The lowest BCUT2D eigenvalue weighted by molar-refractivity contribution is 0.126. The van der Waals surface area contributed by atoms with Gasteiger partial charge in [-0.2, -0.15) is 0 Å². The first-order valence-corrected chi connectivity index (χ1v) is 5.97. The Balaban J connectivity index is 1.99. The van der Waals surface area contributed by atoms with Crippen molar-refractivity contribution in [1.29, 1.82) is 0 Å². The molecule has 3 nitrogen and oxygen atoms in total. The first-order valence-electron chi connectivity index (χ1n) is 5.97. The molecule has 2 N–H and O–H groups in total. The van der Waals surface area contributed by atoms with E-state index in [1.807, 2.05) is 0 Å². The highest BCUT2D eigenvalue weighted by Gasteiger charge is 2.19. The topological polar surface area (TPSA) is 41.5 Å². The fourth-order valence-corrected chi connectivity index (χ4v) is 2.21. The number of hydrogen-bond donors (Lipinski definition) is 2. The molecule has 2 rings (SSSR count). The lowest BCUT2D eigenvalue weighted by Crippen LogP contribution is -2.28. The minimum atomic E-state index is -0.350. The molecule has 1 aromatic rings. The molecule has 0 spiro atoms. The van der Waals surface area contributed by atoms with Gasteiger partial charge >= 0.3 is 0 Å². The van der Waals surface area contributed by atoms with Gasteiger partial charge < -0.3 is 15.2 Å². The van der Waals surface area contributed by atoms with Gasteiger partial charge in [-0.1, -0.05) is 0 Å². The van der Waals surface area contributed by atoms with Crippen LogP contribution in [0.5, 0.6) is 5.75 Å². The van der Waals surface area contributed by atoms with Crippen LogP contribution in [0.15, 0.2) is 18.2 Å². The highest BCUT2D eigenvalue weighted by atomic mass is 19.1. The van der Waals surface area contributed by atoms with Gasteiger partial charge in [0.25, 0.3) is 0 Å². The third kappa shape index (κ3) is 3.09. The molecule has 4 heteroatoms. The summed E-state index contributed by atoms with van der Waals surface area (Å²) in [4.78, 5) is 0. The second kappa shape index (κ2) is 5.36. The summed E-state index contributed by atoms with van der Waals surface area (Å²) in [6.45, 7) is 0. The summed E-state index contributed by atoms with van der Waals surface area (Å²) in [6, 6.07) is 5.14. The number of hydrogen-bond acceptors (Lipinski definition) is 3. The summed E-state index contributed by atoms with van der Waals surface area (Å²) >= 11 is 0. The molecule has 1 aromatic carbocycles. The maximum Gasteiger partial charge on any atom is 0.165 e. The molecule has 0 saturated heterocycles. The van der Waals surface area contributed by atoms with Crippen LogP contribution in [0.4, 0.5) is 10.1 Å². The largest absolute Gasteiger partial charge is 0.494 e.